The van der Waals surface area contributed by atoms with E-state index in [0.717, 1.165) is 11.8 Å². The Balaban J connectivity index is 2.25. The average Bonchev–Trinajstić information content (AvgIpc) is 2.49. The molecular weight excluding hydrogens is 238 g/mol. The highest BCUT2D eigenvalue weighted by atomic mass is 32.2. The van der Waals surface area contributed by atoms with Gasteiger partial charge in [0.2, 0.25) is 11.8 Å². The van der Waals surface area contributed by atoms with E-state index in [2.05, 4.69) is 27.8 Å². The molecule has 0 unspecified atom stereocenters. The lowest BCUT2D eigenvalue weighted by molar-refractivity contribution is -0.132. The Bertz CT molecular complexity index is 398. The van der Waals surface area contributed by atoms with Gasteiger partial charge in [0.05, 0.1) is 5.71 Å². The molecule has 0 atom stereocenters. The van der Waals surface area contributed by atoms with E-state index >= 15 is 0 Å². The van der Waals surface area contributed by atoms with Crippen LogP contribution in [0.2, 0.25) is 0 Å². The zero-order chi connectivity index (χ0) is 11.0. The van der Waals surface area contributed by atoms with E-state index in [0.29, 0.717) is 0 Å². The number of rotatable bonds is 1. The number of hydrogen-bond acceptors (Lipinski definition) is 5. The van der Waals surface area contributed by atoms with Gasteiger partial charge in [-0.15, -0.1) is 0 Å². The Morgan fingerprint density at radius 2 is 1.87 bits per heavy atom. The van der Waals surface area contributed by atoms with Crippen LogP contribution in [0.15, 0.2) is 4.99 Å². The van der Waals surface area contributed by atoms with Crippen LogP contribution in [0, 0.1) is 5.92 Å². The van der Waals surface area contributed by atoms with Crippen molar-refractivity contribution in [2.45, 2.75) is 0 Å². The van der Waals surface area contributed by atoms with Crippen LogP contribution in [-0.2, 0) is 9.59 Å². The van der Waals surface area contributed by atoms with Gasteiger partial charge < -0.3 is 10.6 Å². The van der Waals surface area contributed by atoms with Crippen molar-refractivity contribution in [3.05, 3.63) is 0 Å². The van der Waals surface area contributed by atoms with Gasteiger partial charge in [-0.2, -0.15) is 0 Å². The smallest absolute Gasteiger partial charge is 0.302 e. The lowest BCUT2D eigenvalue weighted by Gasteiger charge is -2.21. The second kappa shape index (κ2) is 3.70. The molecule has 2 aliphatic rings. The molecule has 1 fully saturated rings. The van der Waals surface area contributed by atoms with Crippen LogP contribution in [-0.4, -0.2) is 33.6 Å². The minimum Gasteiger partial charge on any atom is -0.302 e. The normalized spacial score (nSPS) is 22.5. The first-order valence-electron chi connectivity index (χ1n) is 3.98. The maximum absolute atomic E-state index is 11.4. The predicted molar refractivity (Wildman–Crippen MR) is 57.7 cm³/mol. The molecule has 8 heteroatoms. The summed E-state index contributed by atoms with van der Waals surface area (Å²) >= 11 is 5.60. The van der Waals surface area contributed by atoms with Crippen molar-refractivity contribution in [3.8, 4) is 0 Å². The number of carbonyl (C=O) groups is 3. The number of amides is 3. The summed E-state index contributed by atoms with van der Waals surface area (Å²) in [5.74, 6) is -1.82. The maximum Gasteiger partial charge on any atom is 0.305 e. The molecule has 0 bridgehead atoms. The highest BCUT2D eigenvalue weighted by Gasteiger charge is 2.38. The van der Waals surface area contributed by atoms with Gasteiger partial charge in [-0.25, -0.2) is 4.99 Å². The SMILES string of the molecule is O=C1N=C(C2C(=O)NC(=S)NC2=O)CS1. The zero-order valence-electron chi connectivity index (χ0n) is 7.27. The van der Waals surface area contributed by atoms with E-state index in [1.165, 1.54) is 0 Å². The molecule has 2 N–H and O–H groups in total. The number of hydrogen-bond donors (Lipinski definition) is 2. The molecule has 1 saturated heterocycles. The van der Waals surface area contributed by atoms with Gasteiger partial charge in [0.1, 0.15) is 0 Å². The van der Waals surface area contributed by atoms with Gasteiger partial charge in [-0.05, 0) is 12.2 Å². The van der Waals surface area contributed by atoms with Crippen molar-refractivity contribution < 1.29 is 14.4 Å². The molecule has 78 valence electrons. The summed E-state index contributed by atoms with van der Waals surface area (Å²) in [5.41, 5.74) is 0.280. The van der Waals surface area contributed by atoms with Gasteiger partial charge in [-0.1, -0.05) is 11.8 Å². The third kappa shape index (κ3) is 1.90. The van der Waals surface area contributed by atoms with E-state index in [1.54, 1.807) is 0 Å². The summed E-state index contributed by atoms with van der Waals surface area (Å²) in [5, 5.41) is 4.23. The summed E-state index contributed by atoms with van der Waals surface area (Å²) in [7, 11) is 0. The largest absolute Gasteiger partial charge is 0.305 e. The van der Waals surface area contributed by atoms with Crippen molar-refractivity contribution in [1.82, 2.24) is 10.6 Å². The molecule has 0 radical (unpaired) electrons. The first-order valence-corrected chi connectivity index (χ1v) is 5.37. The van der Waals surface area contributed by atoms with Gasteiger partial charge in [0.15, 0.2) is 11.0 Å². The predicted octanol–water partition coefficient (Wildman–Crippen LogP) is -0.559. The van der Waals surface area contributed by atoms with Crippen molar-refractivity contribution in [1.29, 1.82) is 0 Å². The second-order valence-electron chi connectivity index (χ2n) is 2.90. The molecule has 15 heavy (non-hydrogen) atoms. The highest BCUT2D eigenvalue weighted by Crippen LogP contribution is 2.19. The molecule has 2 rings (SSSR count). The minimum atomic E-state index is -1.03. The standard InChI is InChI=1S/C7H5N3O3S2/c11-4-3(2-1-15-7(13)8-2)5(12)10-6(14)9-4/h3H,1H2,(H2,9,10,11,12,14). The summed E-state index contributed by atoms with van der Waals surface area (Å²) < 4.78 is 0. The fraction of sp³-hybridized carbons (Fsp3) is 0.286. The lowest BCUT2D eigenvalue weighted by Crippen LogP contribution is -2.57. The topological polar surface area (TPSA) is 87.6 Å². The third-order valence-electron chi connectivity index (χ3n) is 1.91. The fourth-order valence-corrected chi connectivity index (χ4v) is 2.17. The van der Waals surface area contributed by atoms with Gasteiger partial charge in [-0.3, -0.25) is 14.4 Å². The summed E-state index contributed by atoms with van der Waals surface area (Å²) in [6.45, 7) is 0. The Morgan fingerprint density at radius 1 is 1.27 bits per heavy atom. The molecule has 6 nitrogen and oxygen atoms in total. The Kier molecular flexibility index (Phi) is 2.53. The Labute approximate surface area is 93.9 Å². The molecule has 0 aromatic rings. The van der Waals surface area contributed by atoms with E-state index in [-0.39, 0.29) is 21.8 Å². The average molecular weight is 243 g/mol. The van der Waals surface area contributed by atoms with Crippen molar-refractivity contribution >= 4 is 51.9 Å². The number of thiocarbonyl (C=S) groups is 1. The number of nitrogens with one attached hydrogen (secondary N) is 2. The van der Waals surface area contributed by atoms with Crippen molar-refractivity contribution in [3.63, 3.8) is 0 Å². The van der Waals surface area contributed by atoms with Gasteiger partial charge in [0.25, 0.3) is 0 Å². The number of aliphatic imine (C=N–C) groups is 1. The maximum atomic E-state index is 11.4. The van der Waals surface area contributed by atoms with Gasteiger partial charge >= 0.3 is 5.24 Å². The quantitative estimate of drug-likeness (QED) is 0.476. The third-order valence-corrected chi connectivity index (χ3v) is 2.89. The minimum absolute atomic E-state index is 0.0150. The molecule has 0 aromatic heterocycles. The summed E-state index contributed by atoms with van der Waals surface area (Å²) in [6, 6.07) is 0. The van der Waals surface area contributed by atoms with E-state index in [9.17, 15) is 14.4 Å². The molecular formula is C7H5N3O3S2. The Morgan fingerprint density at radius 3 is 2.33 bits per heavy atom. The van der Waals surface area contributed by atoms with Crippen LogP contribution in [0.25, 0.3) is 0 Å². The second-order valence-corrected chi connectivity index (χ2v) is 4.23. The Hall–Kier alpha value is -1.28. The number of thioether (sulfide) groups is 1. The summed E-state index contributed by atoms with van der Waals surface area (Å²) in [6.07, 6.45) is 0. The van der Waals surface area contributed by atoms with Crippen molar-refractivity contribution in [2.75, 3.05) is 5.75 Å². The van der Waals surface area contributed by atoms with Gasteiger partial charge in [0, 0.05) is 5.75 Å². The monoisotopic (exact) mass is 243 g/mol. The van der Waals surface area contributed by atoms with E-state index < -0.39 is 17.7 Å². The molecule has 2 heterocycles. The molecule has 0 aliphatic carbocycles. The highest BCUT2D eigenvalue weighted by molar-refractivity contribution is 8.14. The first kappa shape index (κ1) is 10.2. The van der Waals surface area contributed by atoms with Crippen LogP contribution in [0.1, 0.15) is 0 Å². The molecule has 0 aromatic carbocycles. The number of carbonyl (C=O) groups excluding carboxylic acids is 3. The van der Waals surface area contributed by atoms with Crippen LogP contribution in [0.3, 0.4) is 0 Å². The molecule has 3 amide bonds. The van der Waals surface area contributed by atoms with Crippen LogP contribution >= 0.6 is 24.0 Å². The molecule has 0 spiro atoms. The van der Waals surface area contributed by atoms with Crippen molar-refractivity contribution in [2.24, 2.45) is 10.9 Å². The molecule has 0 saturated carbocycles. The van der Waals surface area contributed by atoms with Crippen LogP contribution in [0.4, 0.5) is 4.79 Å². The van der Waals surface area contributed by atoms with E-state index in [1.807, 2.05) is 0 Å². The fourth-order valence-electron chi connectivity index (χ4n) is 1.29. The zero-order valence-corrected chi connectivity index (χ0v) is 8.91. The number of nitrogens with zero attached hydrogens (tertiary/aromatic N) is 1. The van der Waals surface area contributed by atoms with Crippen LogP contribution in [0.5, 0.6) is 0 Å². The molecule has 2 aliphatic heterocycles. The van der Waals surface area contributed by atoms with Crippen LogP contribution < -0.4 is 10.6 Å². The summed E-state index contributed by atoms with van der Waals surface area (Å²) in [4.78, 5) is 37.4. The lowest BCUT2D eigenvalue weighted by atomic mass is 10.0. The van der Waals surface area contributed by atoms with E-state index in [4.69, 9.17) is 0 Å². The first-order chi connectivity index (χ1) is 7.08.